The third-order valence-electron chi connectivity index (χ3n) is 3.35. The minimum absolute atomic E-state index is 0.397. The van der Waals surface area contributed by atoms with Gasteiger partial charge in [0.15, 0.2) is 0 Å². The maximum Gasteiger partial charge on any atom is 0.119 e. The zero-order valence-electron chi connectivity index (χ0n) is 11.9. The lowest BCUT2D eigenvalue weighted by atomic mass is 10.1. The molecule has 1 fully saturated rings. The molecule has 1 aliphatic rings. The van der Waals surface area contributed by atoms with Crippen LogP contribution in [0, 0.1) is 0 Å². The molecule has 0 aliphatic carbocycles. The molecule has 2 rings (SSSR count). The molecule has 1 aromatic carbocycles. The van der Waals surface area contributed by atoms with E-state index >= 15 is 0 Å². The first-order valence-corrected chi connectivity index (χ1v) is 7.42. The molecule has 3 heteroatoms. The number of rotatable bonds is 7. The second-order valence-corrected chi connectivity index (χ2v) is 5.12. The number of hydrogen-bond donors (Lipinski definition) is 1. The van der Waals surface area contributed by atoms with Gasteiger partial charge in [0.05, 0.1) is 12.7 Å². The lowest BCUT2D eigenvalue weighted by Gasteiger charge is -2.22. The fourth-order valence-corrected chi connectivity index (χ4v) is 2.31. The molecule has 1 atom stereocenters. The summed E-state index contributed by atoms with van der Waals surface area (Å²) >= 11 is 0. The topological polar surface area (TPSA) is 30.5 Å². The number of hydrogen-bond acceptors (Lipinski definition) is 3. The fraction of sp³-hybridized carbons (Fsp3) is 0.625. The molecule has 0 aromatic heterocycles. The molecular formula is C16H25NO2. The summed E-state index contributed by atoms with van der Waals surface area (Å²) in [6, 6.07) is 8.32. The highest BCUT2D eigenvalue weighted by Crippen LogP contribution is 2.14. The van der Waals surface area contributed by atoms with E-state index in [1.165, 1.54) is 24.8 Å². The van der Waals surface area contributed by atoms with Crippen LogP contribution in [0.2, 0.25) is 0 Å². The van der Waals surface area contributed by atoms with Crippen LogP contribution < -0.4 is 10.1 Å². The summed E-state index contributed by atoms with van der Waals surface area (Å²) in [5.74, 6) is 0.968. The van der Waals surface area contributed by atoms with E-state index in [9.17, 15) is 0 Å². The van der Waals surface area contributed by atoms with Crippen molar-refractivity contribution in [1.82, 2.24) is 5.32 Å². The standard InChI is InChI=1S/C16H25NO2/c1-2-9-18-15-8-5-6-14(11-15)12-17-13-16-7-3-4-10-19-16/h5-6,8,11,16-17H,2-4,7,9-10,12-13H2,1H3. The van der Waals surface area contributed by atoms with Gasteiger partial charge in [0.2, 0.25) is 0 Å². The first-order valence-electron chi connectivity index (χ1n) is 7.42. The number of ether oxygens (including phenoxy) is 2. The Morgan fingerprint density at radius 3 is 3.11 bits per heavy atom. The van der Waals surface area contributed by atoms with E-state index in [1.54, 1.807) is 0 Å². The van der Waals surface area contributed by atoms with Crippen LogP contribution in [0.5, 0.6) is 5.75 Å². The quantitative estimate of drug-likeness (QED) is 0.820. The van der Waals surface area contributed by atoms with Crippen molar-refractivity contribution in [2.75, 3.05) is 19.8 Å². The van der Waals surface area contributed by atoms with E-state index in [4.69, 9.17) is 9.47 Å². The van der Waals surface area contributed by atoms with Gasteiger partial charge in [-0.15, -0.1) is 0 Å². The van der Waals surface area contributed by atoms with Gasteiger partial charge in [0.25, 0.3) is 0 Å². The van der Waals surface area contributed by atoms with Crippen LogP contribution in [0.25, 0.3) is 0 Å². The minimum Gasteiger partial charge on any atom is -0.494 e. The van der Waals surface area contributed by atoms with E-state index in [1.807, 2.05) is 6.07 Å². The minimum atomic E-state index is 0.397. The highest BCUT2D eigenvalue weighted by atomic mass is 16.5. The van der Waals surface area contributed by atoms with Crippen molar-refractivity contribution < 1.29 is 9.47 Å². The maximum atomic E-state index is 5.71. The monoisotopic (exact) mass is 263 g/mol. The Hall–Kier alpha value is -1.06. The number of nitrogens with one attached hydrogen (secondary N) is 1. The van der Waals surface area contributed by atoms with E-state index in [2.05, 4.69) is 30.4 Å². The van der Waals surface area contributed by atoms with Crippen LogP contribution in [-0.4, -0.2) is 25.9 Å². The molecule has 1 saturated heterocycles. The highest BCUT2D eigenvalue weighted by Gasteiger charge is 2.12. The lowest BCUT2D eigenvalue weighted by molar-refractivity contribution is 0.0168. The van der Waals surface area contributed by atoms with Gasteiger partial charge >= 0.3 is 0 Å². The van der Waals surface area contributed by atoms with Crippen molar-refractivity contribution in [2.45, 2.75) is 45.3 Å². The van der Waals surface area contributed by atoms with E-state index in [-0.39, 0.29) is 0 Å². The van der Waals surface area contributed by atoms with Crippen molar-refractivity contribution in [1.29, 1.82) is 0 Å². The summed E-state index contributed by atoms with van der Waals surface area (Å²) < 4.78 is 11.3. The molecule has 0 radical (unpaired) electrons. The maximum absolute atomic E-state index is 5.71. The van der Waals surface area contributed by atoms with Gasteiger partial charge in [-0.25, -0.2) is 0 Å². The van der Waals surface area contributed by atoms with Crippen LogP contribution >= 0.6 is 0 Å². The fourth-order valence-electron chi connectivity index (χ4n) is 2.31. The molecule has 0 spiro atoms. The summed E-state index contributed by atoms with van der Waals surface area (Å²) in [6.45, 7) is 5.65. The van der Waals surface area contributed by atoms with Gasteiger partial charge in [-0.3, -0.25) is 0 Å². The van der Waals surface area contributed by atoms with E-state index < -0.39 is 0 Å². The average Bonchev–Trinajstić information content (AvgIpc) is 2.47. The first kappa shape index (κ1) is 14.4. The Balaban J connectivity index is 1.72. The Morgan fingerprint density at radius 2 is 2.32 bits per heavy atom. The molecule has 19 heavy (non-hydrogen) atoms. The Morgan fingerprint density at radius 1 is 1.37 bits per heavy atom. The molecule has 0 bridgehead atoms. The molecule has 1 heterocycles. The zero-order valence-corrected chi connectivity index (χ0v) is 11.9. The molecule has 1 unspecified atom stereocenters. The molecule has 3 nitrogen and oxygen atoms in total. The van der Waals surface area contributed by atoms with Crippen molar-refractivity contribution >= 4 is 0 Å². The van der Waals surface area contributed by atoms with Gasteiger partial charge in [0.1, 0.15) is 5.75 Å². The molecular weight excluding hydrogens is 238 g/mol. The molecule has 1 aromatic rings. The smallest absolute Gasteiger partial charge is 0.119 e. The van der Waals surface area contributed by atoms with Crippen molar-refractivity contribution in [3.63, 3.8) is 0 Å². The molecule has 0 amide bonds. The lowest BCUT2D eigenvalue weighted by Crippen LogP contribution is -2.31. The van der Waals surface area contributed by atoms with E-state index in [0.29, 0.717) is 6.10 Å². The summed E-state index contributed by atoms with van der Waals surface area (Å²) in [5.41, 5.74) is 1.27. The van der Waals surface area contributed by atoms with Gasteiger partial charge in [-0.05, 0) is 43.4 Å². The van der Waals surface area contributed by atoms with Gasteiger partial charge in [-0.2, -0.15) is 0 Å². The third-order valence-corrected chi connectivity index (χ3v) is 3.35. The molecule has 1 N–H and O–H groups in total. The van der Waals surface area contributed by atoms with Crippen molar-refractivity contribution in [3.05, 3.63) is 29.8 Å². The summed E-state index contributed by atoms with van der Waals surface area (Å²) in [6.07, 6.45) is 5.14. The number of benzene rings is 1. The average molecular weight is 263 g/mol. The van der Waals surface area contributed by atoms with Gasteiger partial charge < -0.3 is 14.8 Å². The Kier molecular flexibility index (Phi) is 6.18. The summed E-state index contributed by atoms with van der Waals surface area (Å²) in [4.78, 5) is 0. The molecule has 0 saturated carbocycles. The van der Waals surface area contributed by atoms with Crippen molar-refractivity contribution in [3.8, 4) is 5.75 Å². The Labute approximate surface area is 116 Å². The second kappa shape index (κ2) is 8.18. The largest absolute Gasteiger partial charge is 0.494 e. The van der Waals surface area contributed by atoms with Crippen LogP contribution in [0.3, 0.4) is 0 Å². The van der Waals surface area contributed by atoms with Crippen LogP contribution in [0.1, 0.15) is 38.2 Å². The second-order valence-electron chi connectivity index (χ2n) is 5.12. The van der Waals surface area contributed by atoms with Crippen LogP contribution in [-0.2, 0) is 11.3 Å². The summed E-state index contributed by atoms with van der Waals surface area (Å²) in [7, 11) is 0. The highest BCUT2D eigenvalue weighted by molar-refractivity contribution is 5.28. The first-order chi connectivity index (χ1) is 9.38. The van der Waals surface area contributed by atoms with Crippen LogP contribution in [0.15, 0.2) is 24.3 Å². The predicted molar refractivity (Wildman–Crippen MR) is 77.5 cm³/mol. The summed E-state index contributed by atoms with van der Waals surface area (Å²) in [5, 5.41) is 3.47. The van der Waals surface area contributed by atoms with Crippen LogP contribution in [0.4, 0.5) is 0 Å². The normalized spacial score (nSPS) is 19.3. The predicted octanol–water partition coefficient (Wildman–Crippen LogP) is 3.13. The SMILES string of the molecule is CCCOc1cccc(CNCC2CCCCO2)c1. The molecule has 106 valence electrons. The Bertz CT molecular complexity index is 362. The molecule has 1 aliphatic heterocycles. The van der Waals surface area contributed by atoms with Crippen molar-refractivity contribution in [2.24, 2.45) is 0 Å². The van der Waals surface area contributed by atoms with Gasteiger partial charge in [0, 0.05) is 19.7 Å². The van der Waals surface area contributed by atoms with E-state index in [0.717, 1.165) is 38.5 Å². The van der Waals surface area contributed by atoms with Gasteiger partial charge in [-0.1, -0.05) is 19.1 Å². The zero-order chi connectivity index (χ0) is 13.3. The third kappa shape index (κ3) is 5.21.